The lowest BCUT2D eigenvalue weighted by Crippen LogP contribution is -2.40. The number of fused-ring (bicyclic) bond motifs is 2. The van der Waals surface area contributed by atoms with Crippen LogP contribution in [0.1, 0.15) is 36.6 Å². The van der Waals surface area contributed by atoms with Crippen LogP contribution < -0.4 is 24.9 Å². The second-order valence-corrected chi connectivity index (χ2v) is 13.2. The molecule has 1 N–H and O–H groups in total. The first-order chi connectivity index (χ1) is 22.9. The Labute approximate surface area is 283 Å². The molecular weight excluding hydrogens is 672 g/mol. The Bertz CT molecular complexity index is 2320. The van der Waals surface area contributed by atoms with E-state index in [1.165, 1.54) is 16.9 Å². The van der Waals surface area contributed by atoms with Crippen LogP contribution in [0.2, 0.25) is 0 Å². The number of aromatic nitrogens is 2. The van der Waals surface area contributed by atoms with Gasteiger partial charge in [-0.15, -0.1) is 0 Å². The summed E-state index contributed by atoms with van der Waals surface area (Å²) in [7, 11) is 0. The number of benzene rings is 4. The van der Waals surface area contributed by atoms with Gasteiger partial charge in [0.2, 0.25) is 0 Å². The second kappa shape index (κ2) is 13.0. The van der Waals surface area contributed by atoms with Gasteiger partial charge in [-0.25, -0.2) is 4.99 Å². The first-order valence-electron chi connectivity index (χ1n) is 15.3. The lowest BCUT2D eigenvalue weighted by molar-refractivity contribution is -0.113. The van der Waals surface area contributed by atoms with Crippen LogP contribution in [0.15, 0.2) is 135 Å². The summed E-state index contributed by atoms with van der Waals surface area (Å²) in [6, 6.07) is 32.7. The smallest absolute Gasteiger partial charge is 0.271 e. The van der Waals surface area contributed by atoms with Crippen molar-refractivity contribution in [2.75, 3.05) is 11.9 Å². The minimum Gasteiger partial charge on any atom is -0.494 e. The quantitative estimate of drug-likeness (QED) is 0.185. The molecule has 0 unspecified atom stereocenters. The van der Waals surface area contributed by atoms with Crippen LogP contribution in [0.5, 0.6) is 5.75 Å². The third-order valence-corrected chi connectivity index (χ3v) is 9.69. The maximum absolute atomic E-state index is 14.4. The predicted octanol–water partition coefficient (Wildman–Crippen LogP) is 7.04. The van der Waals surface area contributed by atoms with Crippen LogP contribution in [0.3, 0.4) is 0 Å². The van der Waals surface area contributed by atoms with E-state index in [0.29, 0.717) is 39.4 Å². The van der Waals surface area contributed by atoms with E-state index in [9.17, 15) is 9.59 Å². The minimum atomic E-state index is -0.675. The van der Waals surface area contributed by atoms with Crippen LogP contribution >= 0.6 is 27.3 Å². The number of nitrogens with one attached hydrogen (secondary N) is 1. The highest BCUT2D eigenvalue weighted by molar-refractivity contribution is 9.10. The fourth-order valence-electron chi connectivity index (χ4n) is 6.01. The Hall–Kier alpha value is -4.99. The van der Waals surface area contributed by atoms with Crippen LogP contribution in [0.25, 0.3) is 17.0 Å². The normalized spacial score (nSPS) is 14.6. The average molecular weight is 704 g/mol. The topological polar surface area (TPSA) is 77.6 Å². The van der Waals surface area contributed by atoms with Gasteiger partial charge in [0.25, 0.3) is 11.5 Å². The van der Waals surface area contributed by atoms with Gasteiger partial charge in [-0.2, -0.15) is 0 Å². The molecular formula is C38H31BrN4O3S. The molecule has 0 aliphatic carbocycles. The van der Waals surface area contributed by atoms with Crippen LogP contribution in [0, 0.1) is 0 Å². The number of hydrogen-bond acceptors (Lipinski definition) is 5. The highest BCUT2D eigenvalue weighted by Crippen LogP contribution is 2.32. The molecule has 7 nitrogen and oxygen atoms in total. The molecule has 234 valence electrons. The molecule has 4 aromatic carbocycles. The lowest BCUT2D eigenvalue weighted by atomic mass is 9.95. The molecule has 0 saturated carbocycles. The van der Waals surface area contributed by atoms with Crippen LogP contribution in [-0.2, 0) is 11.3 Å². The molecule has 9 heteroatoms. The maximum Gasteiger partial charge on any atom is 0.271 e. The average Bonchev–Trinajstić information content (AvgIpc) is 3.58. The van der Waals surface area contributed by atoms with Gasteiger partial charge in [0.15, 0.2) is 4.80 Å². The van der Waals surface area contributed by atoms with Gasteiger partial charge in [-0.1, -0.05) is 87.9 Å². The number of para-hydroxylation sites is 2. The van der Waals surface area contributed by atoms with Gasteiger partial charge in [0.05, 0.1) is 28.5 Å². The Morgan fingerprint density at radius 2 is 1.70 bits per heavy atom. The number of rotatable bonds is 8. The molecule has 1 amide bonds. The van der Waals surface area contributed by atoms with Crippen molar-refractivity contribution in [2.45, 2.75) is 26.4 Å². The van der Waals surface area contributed by atoms with Crippen molar-refractivity contribution in [3.05, 3.63) is 161 Å². The monoisotopic (exact) mass is 702 g/mol. The summed E-state index contributed by atoms with van der Waals surface area (Å²) in [6.45, 7) is 4.99. The Kier molecular flexibility index (Phi) is 8.49. The Morgan fingerprint density at radius 3 is 2.45 bits per heavy atom. The van der Waals surface area contributed by atoms with Crippen molar-refractivity contribution < 1.29 is 9.53 Å². The summed E-state index contributed by atoms with van der Waals surface area (Å²) >= 11 is 4.85. The number of ether oxygens (including phenoxy) is 1. The number of amides is 1. The molecule has 7 rings (SSSR count). The van der Waals surface area contributed by atoms with Gasteiger partial charge in [0, 0.05) is 39.4 Å². The predicted molar refractivity (Wildman–Crippen MR) is 192 cm³/mol. The number of halogens is 1. The van der Waals surface area contributed by atoms with Gasteiger partial charge < -0.3 is 14.6 Å². The third-order valence-electron chi connectivity index (χ3n) is 8.18. The number of nitrogens with zero attached hydrogens (tertiary/aromatic N) is 3. The number of carbonyl (C=O) groups is 1. The minimum absolute atomic E-state index is 0.199. The van der Waals surface area contributed by atoms with E-state index >= 15 is 0 Å². The van der Waals surface area contributed by atoms with Crippen molar-refractivity contribution in [3.8, 4) is 5.75 Å². The molecule has 3 heterocycles. The molecule has 6 aromatic rings. The zero-order valence-electron chi connectivity index (χ0n) is 25.8. The number of thiazole rings is 1. The molecule has 0 saturated heterocycles. The summed E-state index contributed by atoms with van der Waals surface area (Å²) in [5.74, 6) is 0.417. The summed E-state index contributed by atoms with van der Waals surface area (Å²) in [6.07, 6.45) is 4.04. The van der Waals surface area contributed by atoms with E-state index in [2.05, 4.69) is 56.3 Å². The van der Waals surface area contributed by atoms with E-state index in [1.807, 2.05) is 98.8 Å². The summed E-state index contributed by atoms with van der Waals surface area (Å²) < 4.78 is 11.1. The SMILES string of the molecule is CCOc1ccc([C@@H]2C(C(=O)Nc3ccccc3)=C(C)N=c3s/c(=C/c4cn(Cc5ccc(Br)cc5)c5ccccc45)c(=O)n32)cc1. The van der Waals surface area contributed by atoms with Crippen molar-refractivity contribution in [1.82, 2.24) is 9.13 Å². The van der Waals surface area contributed by atoms with Crippen LogP contribution in [0.4, 0.5) is 5.69 Å². The number of hydrogen-bond donors (Lipinski definition) is 1. The zero-order valence-corrected chi connectivity index (χ0v) is 28.2. The number of carbonyl (C=O) groups excluding carboxylic acids is 1. The number of anilines is 1. The van der Waals surface area contributed by atoms with Crippen LogP contribution in [-0.4, -0.2) is 21.6 Å². The Balaban J connectivity index is 1.35. The van der Waals surface area contributed by atoms with E-state index < -0.39 is 6.04 Å². The standard InChI is InChI=1S/C38H31BrN4O3S/c1-3-46-30-19-15-26(16-20-30)35-34(36(44)41-29-9-5-4-6-10-29)24(2)40-38-43(35)37(45)33(47-38)21-27-23-42(32-12-8-7-11-31(27)32)22-25-13-17-28(39)18-14-25/h4-21,23,35H,3,22H2,1-2H3,(H,41,44)/b33-21+/t35-/m1/s1. The Morgan fingerprint density at radius 1 is 0.979 bits per heavy atom. The molecule has 47 heavy (non-hydrogen) atoms. The molecule has 1 aliphatic rings. The first kappa shape index (κ1) is 30.7. The maximum atomic E-state index is 14.4. The molecule has 0 radical (unpaired) electrons. The fourth-order valence-corrected chi connectivity index (χ4v) is 7.31. The highest BCUT2D eigenvalue weighted by Gasteiger charge is 2.32. The highest BCUT2D eigenvalue weighted by atomic mass is 79.9. The summed E-state index contributed by atoms with van der Waals surface area (Å²) in [5, 5.41) is 4.06. The van der Waals surface area contributed by atoms with Crippen molar-refractivity contribution in [2.24, 2.45) is 4.99 Å². The summed E-state index contributed by atoms with van der Waals surface area (Å²) in [4.78, 5) is 33.6. The molecule has 0 fully saturated rings. The van der Waals surface area contributed by atoms with E-state index in [1.54, 1.807) is 4.57 Å². The van der Waals surface area contributed by atoms with E-state index in [4.69, 9.17) is 9.73 Å². The zero-order chi connectivity index (χ0) is 32.5. The number of allylic oxidation sites excluding steroid dienone is 1. The molecule has 1 aliphatic heterocycles. The fraction of sp³-hybridized carbons (Fsp3) is 0.132. The largest absolute Gasteiger partial charge is 0.494 e. The van der Waals surface area contributed by atoms with E-state index in [0.717, 1.165) is 32.3 Å². The molecule has 2 aromatic heterocycles. The molecule has 1 atom stereocenters. The van der Waals surface area contributed by atoms with Crippen molar-refractivity contribution >= 4 is 55.8 Å². The lowest BCUT2D eigenvalue weighted by Gasteiger charge is -2.25. The van der Waals surface area contributed by atoms with Crippen molar-refractivity contribution in [3.63, 3.8) is 0 Å². The summed E-state index contributed by atoms with van der Waals surface area (Å²) in [5.41, 5.74) is 5.44. The molecule has 0 bridgehead atoms. The van der Waals surface area contributed by atoms with Gasteiger partial charge in [-0.3, -0.25) is 14.2 Å². The first-order valence-corrected chi connectivity index (χ1v) is 16.9. The van der Waals surface area contributed by atoms with Gasteiger partial charge >= 0.3 is 0 Å². The van der Waals surface area contributed by atoms with E-state index in [-0.39, 0.29) is 11.5 Å². The van der Waals surface area contributed by atoms with Gasteiger partial charge in [0.1, 0.15) is 5.75 Å². The third kappa shape index (κ3) is 6.12. The molecule has 0 spiro atoms. The van der Waals surface area contributed by atoms with Crippen molar-refractivity contribution in [1.29, 1.82) is 0 Å². The second-order valence-electron chi connectivity index (χ2n) is 11.3. The van der Waals surface area contributed by atoms with Gasteiger partial charge in [-0.05, 0) is 73.5 Å².